The van der Waals surface area contributed by atoms with Gasteiger partial charge in [-0.05, 0) is 30.7 Å². The molecule has 0 fully saturated rings. The summed E-state index contributed by atoms with van der Waals surface area (Å²) >= 11 is 0. The second kappa shape index (κ2) is 6.76. The molecule has 5 nitrogen and oxygen atoms in total. The maximum Gasteiger partial charge on any atom is 0.311 e. The molecule has 0 saturated heterocycles. The van der Waals surface area contributed by atoms with Gasteiger partial charge in [0.2, 0.25) is 0 Å². The first-order chi connectivity index (χ1) is 8.54. The summed E-state index contributed by atoms with van der Waals surface area (Å²) in [6, 6.07) is 4.91. The van der Waals surface area contributed by atoms with Crippen molar-refractivity contribution in [1.82, 2.24) is 5.32 Å². The summed E-state index contributed by atoms with van der Waals surface area (Å²) in [6.07, 6.45) is 0. The van der Waals surface area contributed by atoms with E-state index in [1.807, 2.05) is 6.92 Å². The third-order valence-electron chi connectivity index (χ3n) is 2.37. The van der Waals surface area contributed by atoms with Crippen LogP contribution in [0.2, 0.25) is 0 Å². The summed E-state index contributed by atoms with van der Waals surface area (Å²) in [5.41, 5.74) is 1.68. The van der Waals surface area contributed by atoms with Gasteiger partial charge in [0.25, 0.3) is 0 Å². The average molecular weight is 250 g/mol. The molecule has 18 heavy (non-hydrogen) atoms. The molecule has 1 aromatic rings. The van der Waals surface area contributed by atoms with Crippen molar-refractivity contribution < 1.29 is 9.66 Å². The first kappa shape index (κ1) is 14.2. The Labute approximate surface area is 107 Å². The van der Waals surface area contributed by atoms with E-state index in [1.54, 1.807) is 19.1 Å². The number of nitro groups is 1. The van der Waals surface area contributed by atoms with Crippen molar-refractivity contribution in [2.45, 2.75) is 13.8 Å². The minimum Gasteiger partial charge on any atom is -0.482 e. The lowest BCUT2D eigenvalue weighted by atomic mass is 10.2. The number of nitrogens with one attached hydrogen (secondary N) is 1. The monoisotopic (exact) mass is 250 g/mol. The maximum atomic E-state index is 10.9. The van der Waals surface area contributed by atoms with Gasteiger partial charge in [-0.25, -0.2) is 0 Å². The minimum atomic E-state index is -0.435. The summed E-state index contributed by atoms with van der Waals surface area (Å²) in [7, 11) is 0. The first-order valence-electron chi connectivity index (χ1n) is 5.79. The summed E-state index contributed by atoms with van der Waals surface area (Å²) in [5, 5.41) is 14.0. The van der Waals surface area contributed by atoms with E-state index in [0.29, 0.717) is 6.54 Å². The van der Waals surface area contributed by atoms with E-state index in [9.17, 15) is 10.1 Å². The number of hydrogen-bond donors (Lipinski definition) is 1. The Hall–Kier alpha value is -1.88. The highest BCUT2D eigenvalue weighted by molar-refractivity contribution is 5.48. The number of benzene rings is 1. The molecule has 1 rings (SSSR count). The Morgan fingerprint density at radius 3 is 2.89 bits per heavy atom. The molecule has 98 valence electrons. The molecule has 1 aromatic carbocycles. The van der Waals surface area contributed by atoms with Crippen LogP contribution in [0, 0.1) is 17.0 Å². The second-order valence-electron chi connectivity index (χ2n) is 4.05. The Morgan fingerprint density at radius 2 is 2.28 bits per heavy atom. The van der Waals surface area contributed by atoms with Crippen LogP contribution in [-0.2, 0) is 0 Å². The van der Waals surface area contributed by atoms with Crippen LogP contribution in [0.1, 0.15) is 12.5 Å². The lowest BCUT2D eigenvalue weighted by Crippen LogP contribution is -2.19. The number of hydrogen-bond acceptors (Lipinski definition) is 4. The van der Waals surface area contributed by atoms with Crippen molar-refractivity contribution in [2.24, 2.45) is 0 Å². The molecule has 0 aliphatic heterocycles. The van der Waals surface area contributed by atoms with Gasteiger partial charge < -0.3 is 10.1 Å². The van der Waals surface area contributed by atoms with E-state index in [1.165, 1.54) is 6.07 Å². The molecular formula is C13H18N2O3. The van der Waals surface area contributed by atoms with E-state index in [2.05, 4.69) is 11.9 Å². The standard InChI is InChI=1S/C13H18N2O3/c1-4-14-8-11(3)9-18-13-6-5-10(2)7-12(13)15(16)17/h5-7,14H,3-4,8-9H2,1-2H3. The first-order valence-corrected chi connectivity index (χ1v) is 5.79. The van der Waals surface area contributed by atoms with Crippen LogP contribution in [0.15, 0.2) is 30.4 Å². The molecule has 0 aromatic heterocycles. The van der Waals surface area contributed by atoms with Crippen LogP contribution in [0.3, 0.4) is 0 Å². The van der Waals surface area contributed by atoms with Crippen LogP contribution in [0.5, 0.6) is 5.75 Å². The molecular weight excluding hydrogens is 232 g/mol. The van der Waals surface area contributed by atoms with Crippen molar-refractivity contribution in [2.75, 3.05) is 19.7 Å². The Bertz CT molecular complexity index is 444. The molecule has 0 spiro atoms. The Balaban J connectivity index is 2.67. The van der Waals surface area contributed by atoms with Crippen LogP contribution in [0.25, 0.3) is 0 Å². The maximum absolute atomic E-state index is 10.9. The molecule has 0 heterocycles. The SMILES string of the molecule is C=C(CNCC)COc1ccc(C)cc1[N+](=O)[O-]. The van der Waals surface area contributed by atoms with Crippen molar-refractivity contribution in [3.8, 4) is 5.75 Å². The van der Waals surface area contributed by atoms with Crippen LogP contribution >= 0.6 is 0 Å². The van der Waals surface area contributed by atoms with Gasteiger partial charge in [0.1, 0.15) is 6.61 Å². The number of rotatable bonds is 7. The van der Waals surface area contributed by atoms with Crippen molar-refractivity contribution in [1.29, 1.82) is 0 Å². The lowest BCUT2D eigenvalue weighted by molar-refractivity contribution is -0.385. The predicted molar refractivity (Wildman–Crippen MR) is 71.0 cm³/mol. The summed E-state index contributed by atoms with van der Waals surface area (Å²) in [5.74, 6) is 0.281. The predicted octanol–water partition coefficient (Wildman–Crippen LogP) is 2.45. The zero-order valence-electron chi connectivity index (χ0n) is 10.7. The zero-order valence-corrected chi connectivity index (χ0v) is 10.7. The van der Waals surface area contributed by atoms with Gasteiger partial charge >= 0.3 is 5.69 Å². The fourth-order valence-corrected chi connectivity index (χ4v) is 1.42. The van der Waals surface area contributed by atoms with E-state index < -0.39 is 4.92 Å². The fraction of sp³-hybridized carbons (Fsp3) is 0.385. The largest absolute Gasteiger partial charge is 0.482 e. The molecule has 0 aliphatic rings. The van der Waals surface area contributed by atoms with Crippen LogP contribution < -0.4 is 10.1 Å². The van der Waals surface area contributed by atoms with E-state index in [-0.39, 0.29) is 18.0 Å². The molecule has 0 atom stereocenters. The molecule has 0 saturated carbocycles. The lowest BCUT2D eigenvalue weighted by Gasteiger charge is -2.09. The third-order valence-corrected chi connectivity index (χ3v) is 2.37. The molecule has 5 heteroatoms. The summed E-state index contributed by atoms with van der Waals surface area (Å²) in [6.45, 7) is 9.42. The molecule has 1 N–H and O–H groups in total. The normalized spacial score (nSPS) is 10.1. The smallest absolute Gasteiger partial charge is 0.311 e. The highest BCUT2D eigenvalue weighted by Gasteiger charge is 2.15. The summed E-state index contributed by atoms with van der Waals surface area (Å²) in [4.78, 5) is 10.4. The average Bonchev–Trinajstić information content (AvgIpc) is 2.34. The number of likely N-dealkylation sites (N-methyl/N-ethyl adjacent to an activating group) is 1. The van der Waals surface area contributed by atoms with E-state index in [0.717, 1.165) is 17.7 Å². The van der Waals surface area contributed by atoms with Gasteiger partial charge in [0.15, 0.2) is 5.75 Å². The quantitative estimate of drug-likeness (QED) is 0.458. The molecule has 0 unspecified atom stereocenters. The number of nitrogens with zero attached hydrogens (tertiary/aromatic N) is 1. The zero-order chi connectivity index (χ0) is 13.5. The van der Waals surface area contributed by atoms with Crippen molar-refractivity contribution in [3.05, 3.63) is 46.0 Å². The summed E-state index contributed by atoms with van der Waals surface area (Å²) < 4.78 is 5.43. The van der Waals surface area contributed by atoms with Crippen LogP contribution in [-0.4, -0.2) is 24.6 Å². The number of ether oxygens (including phenoxy) is 1. The second-order valence-corrected chi connectivity index (χ2v) is 4.05. The van der Waals surface area contributed by atoms with Gasteiger partial charge in [-0.2, -0.15) is 0 Å². The topological polar surface area (TPSA) is 64.4 Å². The third kappa shape index (κ3) is 4.18. The molecule has 0 radical (unpaired) electrons. The molecule has 0 aliphatic carbocycles. The van der Waals surface area contributed by atoms with Gasteiger partial charge in [-0.1, -0.05) is 19.6 Å². The number of aryl methyl sites for hydroxylation is 1. The minimum absolute atomic E-state index is 0.00810. The van der Waals surface area contributed by atoms with Gasteiger partial charge in [0.05, 0.1) is 4.92 Å². The van der Waals surface area contributed by atoms with Gasteiger partial charge in [0, 0.05) is 12.6 Å². The van der Waals surface area contributed by atoms with Gasteiger partial charge in [-0.15, -0.1) is 0 Å². The highest BCUT2D eigenvalue weighted by atomic mass is 16.6. The van der Waals surface area contributed by atoms with Crippen molar-refractivity contribution >= 4 is 5.69 Å². The number of nitro benzene ring substituents is 1. The Kier molecular flexibility index (Phi) is 5.32. The van der Waals surface area contributed by atoms with E-state index >= 15 is 0 Å². The Morgan fingerprint density at radius 1 is 1.56 bits per heavy atom. The van der Waals surface area contributed by atoms with Crippen LogP contribution in [0.4, 0.5) is 5.69 Å². The fourth-order valence-electron chi connectivity index (χ4n) is 1.42. The molecule has 0 bridgehead atoms. The highest BCUT2D eigenvalue weighted by Crippen LogP contribution is 2.27. The molecule has 0 amide bonds. The van der Waals surface area contributed by atoms with Gasteiger partial charge in [-0.3, -0.25) is 10.1 Å². The van der Waals surface area contributed by atoms with E-state index in [4.69, 9.17) is 4.74 Å². The van der Waals surface area contributed by atoms with Crippen molar-refractivity contribution in [3.63, 3.8) is 0 Å².